The summed E-state index contributed by atoms with van der Waals surface area (Å²) >= 11 is 0. The van der Waals surface area contributed by atoms with E-state index in [4.69, 9.17) is 4.74 Å². The number of carbonyl (C=O) groups is 2. The topological polar surface area (TPSA) is 55.4 Å². The maximum atomic E-state index is 13.0. The Labute approximate surface area is 138 Å². The maximum absolute atomic E-state index is 13.0. The summed E-state index contributed by atoms with van der Waals surface area (Å²) in [4.78, 5) is 23.4. The lowest BCUT2D eigenvalue weighted by Gasteiger charge is -2.12. The van der Waals surface area contributed by atoms with Crippen molar-refractivity contribution in [2.75, 3.05) is 6.54 Å². The predicted octanol–water partition coefficient (Wildman–Crippen LogP) is 3.27. The number of hydrogen-bond acceptors (Lipinski definition) is 3. The zero-order valence-electron chi connectivity index (χ0n) is 13.5. The van der Waals surface area contributed by atoms with Crippen LogP contribution in [-0.2, 0) is 20.5 Å². The van der Waals surface area contributed by atoms with Gasteiger partial charge in [-0.05, 0) is 37.8 Å². The van der Waals surface area contributed by atoms with Crippen LogP contribution < -0.4 is 5.32 Å². The molecule has 1 aliphatic rings. The summed E-state index contributed by atoms with van der Waals surface area (Å²) < 4.78 is 44.0. The largest absolute Gasteiger partial charge is 0.463 e. The number of alkyl halides is 3. The van der Waals surface area contributed by atoms with Crippen molar-refractivity contribution in [2.45, 2.75) is 44.9 Å². The lowest BCUT2D eigenvalue weighted by molar-refractivity contribution is -0.147. The van der Waals surface area contributed by atoms with Gasteiger partial charge in [-0.1, -0.05) is 18.2 Å². The molecule has 0 spiro atoms. The van der Waals surface area contributed by atoms with Crippen LogP contribution in [0.1, 0.15) is 43.7 Å². The van der Waals surface area contributed by atoms with Crippen molar-refractivity contribution in [1.82, 2.24) is 5.32 Å². The minimum atomic E-state index is -4.43. The maximum Gasteiger partial charge on any atom is 0.416 e. The highest BCUT2D eigenvalue weighted by molar-refractivity contribution is 5.83. The van der Waals surface area contributed by atoms with Gasteiger partial charge in [0.15, 0.2) is 0 Å². The molecule has 0 aromatic heterocycles. The molecule has 4 nitrogen and oxygen atoms in total. The van der Waals surface area contributed by atoms with E-state index in [1.807, 2.05) is 0 Å². The number of nitrogens with one attached hydrogen (secondary N) is 1. The first kappa shape index (κ1) is 18.3. The predicted molar refractivity (Wildman–Crippen MR) is 81.1 cm³/mol. The van der Waals surface area contributed by atoms with Crippen LogP contribution in [-0.4, -0.2) is 24.5 Å². The minimum Gasteiger partial charge on any atom is -0.463 e. The molecule has 7 heteroatoms. The van der Waals surface area contributed by atoms with E-state index in [0.29, 0.717) is 6.42 Å². The molecule has 2 atom stereocenters. The Bertz CT molecular complexity index is 613. The smallest absolute Gasteiger partial charge is 0.416 e. The second-order valence-corrected chi connectivity index (χ2v) is 6.11. The van der Waals surface area contributed by atoms with Gasteiger partial charge in [-0.25, -0.2) is 0 Å². The first-order valence-corrected chi connectivity index (χ1v) is 7.83. The molecule has 1 aromatic rings. The Kier molecular flexibility index (Phi) is 5.51. The van der Waals surface area contributed by atoms with E-state index in [-0.39, 0.29) is 30.5 Å². The molecular formula is C17H20F3NO3. The van der Waals surface area contributed by atoms with Gasteiger partial charge in [0.1, 0.15) is 0 Å². The van der Waals surface area contributed by atoms with Gasteiger partial charge < -0.3 is 10.1 Å². The summed E-state index contributed by atoms with van der Waals surface area (Å²) in [5.74, 6) is -1.64. The molecular weight excluding hydrogens is 323 g/mol. The second-order valence-electron chi connectivity index (χ2n) is 6.11. The molecule has 0 saturated heterocycles. The quantitative estimate of drug-likeness (QED) is 0.807. The van der Waals surface area contributed by atoms with Crippen LogP contribution in [0.2, 0.25) is 0 Å². The summed E-state index contributed by atoms with van der Waals surface area (Å²) in [5.41, 5.74) is -0.532. The second kappa shape index (κ2) is 7.23. The third-order valence-corrected chi connectivity index (χ3v) is 3.79. The van der Waals surface area contributed by atoms with Gasteiger partial charge in [0.05, 0.1) is 18.1 Å². The van der Waals surface area contributed by atoms with Crippen molar-refractivity contribution in [3.8, 4) is 0 Å². The summed E-state index contributed by atoms with van der Waals surface area (Å²) in [5, 5.41) is 2.59. The molecule has 1 N–H and O–H groups in total. The standard InChI is InChI=1S/C17H20F3NO3/c1-10(2)24-15(22)7-8-21-16(23)13-9-12(13)11-5-3-4-6-14(11)17(18,19)20/h3-6,10,12-13H,7-9H2,1-2H3,(H,21,23). The SMILES string of the molecule is CC(C)OC(=O)CCNC(=O)C1CC1c1ccccc1C(F)(F)F. The first-order valence-electron chi connectivity index (χ1n) is 7.83. The number of ether oxygens (including phenoxy) is 1. The fourth-order valence-corrected chi connectivity index (χ4v) is 2.65. The summed E-state index contributed by atoms with van der Waals surface area (Å²) in [6, 6.07) is 5.33. The van der Waals surface area contributed by atoms with Crippen LogP contribution in [0.25, 0.3) is 0 Å². The monoisotopic (exact) mass is 343 g/mol. The number of hydrogen-bond donors (Lipinski definition) is 1. The Morgan fingerprint density at radius 2 is 1.96 bits per heavy atom. The summed E-state index contributed by atoms with van der Waals surface area (Å²) in [7, 11) is 0. The van der Waals surface area contributed by atoms with Gasteiger partial charge >= 0.3 is 12.1 Å². The molecule has 1 amide bonds. The van der Waals surface area contributed by atoms with E-state index in [1.165, 1.54) is 12.1 Å². The Balaban J connectivity index is 1.87. The lowest BCUT2D eigenvalue weighted by Crippen LogP contribution is -2.28. The van der Waals surface area contributed by atoms with E-state index >= 15 is 0 Å². The van der Waals surface area contributed by atoms with Crippen molar-refractivity contribution in [3.63, 3.8) is 0 Å². The number of rotatable bonds is 6. The van der Waals surface area contributed by atoms with Gasteiger partial charge in [0, 0.05) is 12.5 Å². The van der Waals surface area contributed by atoms with Gasteiger partial charge in [-0.2, -0.15) is 13.2 Å². The van der Waals surface area contributed by atoms with E-state index in [1.54, 1.807) is 19.9 Å². The van der Waals surface area contributed by atoms with Crippen LogP contribution in [0.15, 0.2) is 24.3 Å². The first-order chi connectivity index (χ1) is 11.2. The van der Waals surface area contributed by atoms with E-state index in [9.17, 15) is 22.8 Å². The normalized spacial score (nSPS) is 19.9. The van der Waals surface area contributed by atoms with Gasteiger partial charge in [0.25, 0.3) is 0 Å². The van der Waals surface area contributed by atoms with E-state index in [0.717, 1.165) is 6.07 Å². The van der Waals surface area contributed by atoms with Crippen LogP contribution in [0.4, 0.5) is 13.2 Å². The number of amides is 1. The molecule has 0 bridgehead atoms. The third-order valence-electron chi connectivity index (χ3n) is 3.79. The molecule has 1 aromatic carbocycles. The Morgan fingerprint density at radius 1 is 1.29 bits per heavy atom. The molecule has 0 radical (unpaired) electrons. The minimum absolute atomic E-state index is 0.0421. The number of esters is 1. The zero-order chi connectivity index (χ0) is 17.9. The highest BCUT2D eigenvalue weighted by Gasteiger charge is 2.47. The molecule has 1 fully saturated rings. The van der Waals surface area contributed by atoms with Crippen LogP contribution in [0.5, 0.6) is 0 Å². The fraction of sp³-hybridized carbons (Fsp3) is 0.529. The highest BCUT2D eigenvalue weighted by Crippen LogP contribution is 2.50. The molecule has 1 aliphatic carbocycles. The summed E-state index contributed by atoms with van der Waals surface area (Å²) in [6.07, 6.45) is -4.23. The van der Waals surface area contributed by atoms with Crippen molar-refractivity contribution >= 4 is 11.9 Å². The summed E-state index contributed by atoms with van der Waals surface area (Å²) in [6.45, 7) is 3.57. The number of halogens is 3. The number of carbonyl (C=O) groups excluding carboxylic acids is 2. The van der Waals surface area contributed by atoms with Gasteiger partial charge in [-0.15, -0.1) is 0 Å². The van der Waals surface area contributed by atoms with Crippen molar-refractivity contribution in [3.05, 3.63) is 35.4 Å². The molecule has 132 valence electrons. The van der Waals surface area contributed by atoms with Crippen LogP contribution in [0, 0.1) is 5.92 Å². The average molecular weight is 343 g/mol. The van der Waals surface area contributed by atoms with Crippen LogP contribution >= 0.6 is 0 Å². The lowest BCUT2D eigenvalue weighted by atomic mass is 10.0. The molecule has 0 aliphatic heterocycles. The van der Waals surface area contributed by atoms with E-state index < -0.39 is 29.5 Å². The number of benzene rings is 1. The molecule has 24 heavy (non-hydrogen) atoms. The Morgan fingerprint density at radius 3 is 2.58 bits per heavy atom. The van der Waals surface area contributed by atoms with Gasteiger partial charge in [0.2, 0.25) is 5.91 Å². The van der Waals surface area contributed by atoms with E-state index in [2.05, 4.69) is 5.32 Å². The molecule has 2 rings (SSSR count). The van der Waals surface area contributed by atoms with Crippen molar-refractivity contribution in [1.29, 1.82) is 0 Å². The average Bonchev–Trinajstić information content (AvgIpc) is 3.26. The van der Waals surface area contributed by atoms with Crippen LogP contribution in [0.3, 0.4) is 0 Å². The van der Waals surface area contributed by atoms with Crippen molar-refractivity contribution in [2.24, 2.45) is 5.92 Å². The van der Waals surface area contributed by atoms with Gasteiger partial charge in [-0.3, -0.25) is 9.59 Å². The Hall–Kier alpha value is -2.05. The highest BCUT2D eigenvalue weighted by atomic mass is 19.4. The zero-order valence-corrected chi connectivity index (χ0v) is 13.5. The van der Waals surface area contributed by atoms with Crippen molar-refractivity contribution < 1.29 is 27.5 Å². The molecule has 0 heterocycles. The fourth-order valence-electron chi connectivity index (χ4n) is 2.65. The third kappa shape index (κ3) is 4.72. The molecule has 2 unspecified atom stereocenters. The molecule has 1 saturated carbocycles.